The number of hydrogen-bond donors (Lipinski definition) is 2. The van der Waals surface area contributed by atoms with Crippen LogP contribution in [-0.4, -0.2) is 75.0 Å². The molecule has 2 aliphatic rings. The summed E-state index contributed by atoms with van der Waals surface area (Å²) in [6.45, 7) is 0.0156. The fourth-order valence-corrected chi connectivity index (χ4v) is 6.16. The number of carbonyl (C=O) groups is 1. The van der Waals surface area contributed by atoms with Gasteiger partial charge in [0, 0.05) is 18.3 Å². The molecule has 2 aliphatic heterocycles. The van der Waals surface area contributed by atoms with Crippen molar-refractivity contribution in [1.29, 1.82) is 0 Å². The topological polar surface area (TPSA) is 114 Å². The maximum Gasteiger partial charge on any atom is 0.243 e. The van der Waals surface area contributed by atoms with E-state index >= 15 is 0 Å². The summed E-state index contributed by atoms with van der Waals surface area (Å²) < 4.78 is 45.4. The minimum absolute atomic E-state index is 0.00410. The molecule has 0 saturated carbocycles. The molecule has 34 heavy (non-hydrogen) atoms. The number of benzene rings is 2. The van der Waals surface area contributed by atoms with Crippen molar-refractivity contribution in [3.63, 3.8) is 0 Å². The molecule has 0 spiro atoms. The van der Waals surface area contributed by atoms with Crippen LogP contribution >= 0.6 is 0 Å². The van der Waals surface area contributed by atoms with E-state index in [1.165, 1.54) is 23.5 Å². The van der Waals surface area contributed by atoms with Gasteiger partial charge in [-0.25, -0.2) is 8.42 Å². The van der Waals surface area contributed by atoms with E-state index in [2.05, 4.69) is 5.32 Å². The fraction of sp³-hybridized carbons (Fsp3) is 0.458. The summed E-state index contributed by atoms with van der Waals surface area (Å²) in [5.41, 5.74) is 0.708. The van der Waals surface area contributed by atoms with E-state index in [0.29, 0.717) is 24.3 Å². The van der Waals surface area contributed by atoms with Crippen molar-refractivity contribution in [1.82, 2.24) is 4.31 Å². The lowest BCUT2D eigenvalue weighted by Crippen LogP contribution is -2.57. The number of sulfonamides is 1. The van der Waals surface area contributed by atoms with Gasteiger partial charge in [-0.1, -0.05) is 24.3 Å². The number of hydrogen-bond acceptors (Lipinski definition) is 7. The predicted molar refractivity (Wildman–Crippen MR) is 125 cm³/mol. The third kappa shape index (κ3) is 5.76. The number of amides is 1. The Morgan fingerprint density at radius 2 is 1.94 bits per heavy atom. The highest BCUT2D eigenvalue weighted by Crippen LogP contribution is 2.32. The van der Waals surface area contributed by atoms with E-state index < -0.39 is 28.3 Å². The number of aliphatic hydroxyl groups is 1. The van der Waals surface area contributed by atoms with Crippen LogP contribution in [0.1, 0.15) is 19.3 Å². The lowest BCUT2D eigenvalue weighted by atomic mass is 9.96. The zero-order valence-electron chi connectivity index (χ0n) is 19.0. The third-order valence-corrected chi connectivity index (χ3v) is 7.94. The second-order valence-electron chi connectivity index (χ2n) is 8.50. The van der Waals surface area contributed by atoms with Crippen molar-refractivity contribution in [2.45, 2.75) is 48.5 Å². The number of anilines is 1. The number of methoxy groups -OCH3 is 1. The Hall–Kier alpha value is -2.50. The van der Waals surface area contributed by atoms with Crippen LogP contribution in [0.2, 0.25) is 0 Å². The highest BCUT2D eigenvalue weighted by molar-refractivity contribution is 7.89. The third-order valence-electron chi connectivity index (χ3n) is 6.05. The molecule has 0 bridgehead atoms. The number of ether oxygens (including phenoxy) is 3. The lowest BCUT2D eigenvalue weighted by molar-refractivity contribution is -0.144. The van der Waals surface area contributed by atoms with Crippen LogP contribution in [0, 0.1) is 0 Å². The monoisotopic (exact) mass is 490 g/mol. The quantitative estimate of drug-likeness (QED) is 0.637. The van der Waals surface area contributed by atoms with Gasteiger partial charge in [-0.05, 0) is 37.1 Å². The fourth-order valence-electron chi connectivity index (χ4n) is 4.41. The number of β-amino-alcohol motifs (C(OH)–C–C–N with tert-alkyl or cyclic N) is 1. The van der Waals surface area contributed by atoms with Crippen LogP contribution in [0.15, 0.2) is 59.5 Å². The lowest BCUT2D eigenvalue weighted by Gasteiger charge is -2.43. The van der Waals surface area contributed by atoms with E-state index in [1.54, 1.807) is 12.1 Å². The van der Waals surface area contributed by atoms with Crippen molar-refractivity contribution in [2.75, 3.05) is 32.2 Å². The molecule has 184 valence electrons. The summed E-state index contributed by atoms with van der Waals surface area (Å²) in [6.07, 6.45) is -0.744. The van der Waals surface area contributed by atoms with E-state index in [9.17, 15) is 18.3 Å². The molecule has 4 rings (SSSR count). The van der Waals surface area contributed by atoms with Crippen LogP contribution < -0.4 is 10.1 Å². The number of fused-ring (bicyclic) bond motifs is 1. The first-order valence-electron chi connectivity index (χ1n) is 11.3. The molecular weight excluding hydrogens is 460 g/mol. The number of nitrogens with zero attached hydrogens (tertiary/aromatic N) is 1. The molecule has 10 heteroatoms. The number of nitrogens with one attached hydrogen (secondary N) is 1. The molecule has 2 aromatic rings. The molecule has 0 aromatic heterocycles. The Morgan fingerprint density at radius 1 is 1.15 bits per heavy atom. The van der Waals surface area contributed by atoms with E-state index in [-0.39, 0.29) is 43.1 Å². The second kappa shape index (κ2) is 10.8. The van der Waals surface area contributed by atoms with Crippen LogP contribution in [0.5, 0.6) is 5.75 Å². The van der Waals surface area contributed by atoms with Crippen molar-refractivity contribution >= 4 is 21.6 Å². The van der Waals surface area contributed by atoms with Gasteiger partial charge in [0.25, 0.3) is 0 Å². The van der Waals surface area contributed by atoms with Crippen molar-refractivity contribution < 1.29 is 32.5 Å². The van der Waals surface area contributed by atoms with Gasteiger partial charge in [0.1, 0.15) is 5.75 Å². The van der Waals surface area contributed by atoms with E-state index in [4.69, 9.17) is 14.2 Å². The van der Waals surface area contributed by atoms with Gasteiger partial charge in [-0.2, -0.15) is 4.31 Å². The Kier molecular flexibility index (Phi) is 7.84. The first-order valence-corrected chi connectivity index (χ1v) is 12.7. The molecular formula is C24H30N2O7S. The summed E-state index contributed by atoms with van der Waals surface area (Å²) in [5, 5.41) is 13.2. The number of aliphatic hydroxyl groups excluding tert-OH is 1. The zero-order valence-corrected chi connectivity index (χ0v) is 19.8. The zero-order chi connectivity index (χ0) is 24.1. The first-order chi connectivity index (χ1) is 16.4. The largest absolute Gasteiger partial charge is 0.497 e. The number of carbonyl (C=O) groups excluding carboxylic acids is 1. The highest BCUT2D eigenvalue weighted by atomic mass is 32.2. The van der Waals surface area contributed by atoms with E-state index in [0.717, 1.165) is 0 Å². The minimum atomic E-state index is -3.94. The summed E-state index contributed by atoms with van der Waals surface area (Å²) in [4.78, 5) is 12.6. The molecule has 0 radical (unpaired) electrons. The van der Waals surface area contributed by atoms with Gasteiger partial charge in [0.05, 0.1) is 56.0 Å². The Balaban J connectivity index is 1.50. The van der Waals surface area contributed by atoms with Crippen LogP contribution in [-0.2, 0) is 24.3 Å². The standard InChI is InChI=1S/C24H30N2O7S/c1-31-19-8-5-9-21(12-19)34(29,30)26-14-18(27)15-32-16-23-22(26)11-10-20(33-23)13-24(28)25-17-6-3-2-4-7-17/h2-9,12,18,20,22-23,27H,10-11,13-16H2,1H3,(H,25,28)/t18-,20+,22+,23-/m0/s1. The highest BCUT2D eigenvalue weighted by Gasteiger charge is 2.43. The maximum atomic E-state index is 13.6. The summed E-state index contributed by atoms with van der Waals surface area (Å²) >= 11 is 0. The van der Waals surface area contributed by atoms with E-state index in [1.807, 2.05) is 30.3 Å². The van der Waals surface area contributed by atoms with Crippen molar-refractivity contribution in [2.24, 2.45) is 0 Å². The molecule has 4 atom stereocenters. The molecule has 9 nitrogen and oxygen atoms in total. The second-order valence-corrected chi connectivity index (χ2v) is 10.4. The Bertz CT molecular complexity index is 1080. The Morgan fingerprint density at radius 3 is 2.71 bits per heavy atom. The van der Waals surface area contributed by atoms with Gasteiger partial charge in [-0.15, -0.1) is 0 Å². The number of rotatable bonds is 6. The minimum Gasteiger partial charge on any atom is -0.497 e. The maximum absolute atomic E-state index is 13.6. The molecule has 2 fully saturated rings. The van der Waals surface area contributed by atoms with Gasteiger partial charge in [0.2, 0.25) is 15.9 Å². The SMILES string of the molecule is COc1cccc(S(=O)(=O)N2C[C@H](O)COC[C@@H]3O[C@@H](CC(=O)Nc4ccccc4)CC[C@H]32)c1. The first kappa shape index (κ1) is 24.6. The van der Waals surface area contributed by atoms with Crippen LogP contribution in [0.25, 0.3) is 0 Å². The smallest absolute Gasteiger partial charge is 0.243 e. The summed E-state index contributed by atoms with van der Waals surface area (Å²) in [7, 11) is -2.47. The van der Waals surface area contributed by atoms with Gasteiger partial charge < -0.3 is 24.6 Å². The van der Waals surface area contributed by atoms with Crippen molar-refractivity contribution in [3.8, 4) is 5.75 Å². The van der Waals surface area contributed by atoms with Crippen LogP contribution in [0.3, 0.4) is 0 Å². The summed E-state index contributed by atoms with van der Waals surface area (Å²) in [6, 6.07) is 14.9. The molecule has 1 amide bonds. The molecule has 0 aliphatic carbocycles. The van der Waals surface area contributed by atoms with Crippen LogP contribution in [0.4, 0.5) is 5.69 Å². The normalized spacial score (nSPS) is 26.1. The molecule has 0 unspecified atom stereocenters. The van der Waals surface area contributed by atoms with Gasteiger partial charge >= 0.3 is 0 Å². The molecule has 2 N–H and O–H groups in total. The Labute approximate surface area is 199 Å². The average molecular weight is 491 g/mol. The molecule has 2 heterocycles. The van der Waals surface area contributed by atoms with Gasteiger partial charge in [-0.3, -0.25) is 4.79 Å². The van der Waals surface area contributed by atoms with Crippen molar-refractivity contribution in [3.05, 3.63) is 54.6 Å². The molecule has 2 saturated heterocycles. The van der Waals surface area contributed by atoms with Gasteiger partial charge in [0.15, 0.2) is 0 Å². The average Bonchev–Trinajstić information content (AvgIpc) is 2.82. The number of para-hydroxylation sites is 1. The predicted octanol–water partition coefficient (Wildman–Crippen LogP) is 2.02. The molecule has 2 aromatic carbocycles. The summed E-state index contributed by atoms with van der Waals surface area (Å²) in [5.74, 6) is 0.260.